The zero-order valence-corrected chi connectivity index (χ0v) is 20.4. The quantitative estimate of drug-likeness (QED) is 0.519. The molecule has 0 bridgehead atoms. The lowest BCUT2D eigenvalue weighted by molar-refractivity contribution is -0.129. The molecule has 0 radical (unpaired) electrons. The van der Waals surface area contributed by atoms with Crippen LogP contribution in [0.3, 0.4) is 0 Å². The predicted molar refractivity (Wildman–Crippen MR) is 132 cm³/mol. The Morgan fingerprint density at radius 2 is 1.91 bits per heavy atom. The summed E-state index contributed by atoms with van der Waals surface area (Å²) in [5, 5.41) is 3.33. The minimum atomic E-state index is -3.28. The monoisotopic (exact) mass is 479 g/mol. The third-order valence-corrected chi connectivity index (χ3v) is 7.09. The molecular weight excluding hydrogens is 450 g/mol. The first-order chi connectivity index (χ1) is 16.2. The number of nitrogens with one attached hydrogen (secondary N) is 1. The van der Waals surface area contributed by atoms with Crippen LogP contribution in [0.1, 0.15) is 30.9 Å². The fraction of sp³-hybridized carbons (Fsp3) is 0.308. The molecule has 4 rings (SSSR count). The zero-order valence-electron chi connectivity index (χ0n) is 19.6. The van der Waals surface area contributed by atoms with Gasteiger partial charge in [0.1, 0.15) is 17.3 Å². The van der Waals surface area contributed by atoms with E-state index in [0.717, 1.165) is 42.0 Å². The molecule has 1 N–H and O–H groups in total. The summed E-state index contributed by atoms with van der Waals surface area (Å²) in [5.74, 6) is 2.04. The fourth-order valence-corrected chi connectivity index (χ4v) is 4.83. The van der Waals surface area contributed by atoms with Crippen LogP contribution in [0.4, 0.5) is 11.5 Å². The van der Waals surface area contributed by atoms with Gasteiger partial charge in [-0.1, -0.05) is 6.07 Å². The summed E-state index contributed by atoms with van der Waals surface area (Å²) in [4.78, 5) is 18.7. The molecule has 1 aliphatic rings. The Hall–Kier alpha value is -3.39. The minimum absolute atomic E-state index is 0.0828. The molecule has 1 atom stereocenters. The fourth-order valence-electron chi connectivity index (χ4n) is 4.20. The third kappa shape index (κ3) is 5.75. The van der Waals surface area contributed by atoms with Gasteiger partial charge in [0.15, 0.2) is 9.84 Å². The molecule has 8 heteroatoms. The Bertz CT molecular complexity index is 1270. The van der Waals surface area contributed by atoms with Gasteiger partial charge in [-0.3, -0.25) is 4.79 Å². The largest absolute Gasteiger partial charge is 0.457 e. The number of likely N-dealkylation sites (tertiary alicyclic amines) is 1. The van der Waals surface area contributed by atoms with Crippen LogP contribution in [0, 0.1) is 6.92 Å². The first kappa shape index (κ1) is 23.8. The van der Waals surface area contributed by atoms with E-state index in [1.54, 1.807) is 19.1 Å². The van der Waals surface area contributed by atoms with Crippen molar-refractivity contribution < 1.29 is 17.9 Å². The van der Waals surface area contributed by atoms with Gasteiger partial charge in [-0.2, -0.15) is 0 Å². The van der Waals surface area contributed by atoms with Crippen LogP contribution in [0.25, 0.3) is 0 Å². The number of nitrogens with zero attached hydrogens (tertiary/aromatic N) is 2. The lowest BCUT2D eigenvalue weighted by atomic mass is 10.0. The molecule has 7 nitrogen and oxygen atoms in total. The summed E-state index contributed by atoms with van der Waals surface area (Å²) in [6, 6.07) is 16.3. The summed E-state index contributed by atoms with van der Waals surface area (Å²) in [5.41, 5.74) is 2.92. The van der Waals surface area contributed by atoms with Crippen LogP contribution in [-0.4, -0.2) is 43.1 Å². The summed E-state index contributed by atoms with van der Waals surface area (Å²) >= 11 is 0. The van der Waals surface area contributed by atoms with Crippen molar-refractivity contribution in [3.8, 4) is 11.5 Å². The Morgan fingerprint density at radius 3 is 2.56 bits per heavy atom. The van der Waals surface area contributed by atoms with E-state index in [0.29, 0.717) is 17.9 Å². The van der Waals surface area contributed by atoms with E-state index in [2.05, 4.69) is 10.3 Å². The number of pyridine rings is 1. The number of sulfone groups is 1. The van der Waals surface area contributed by atoms with Gasteiger partial charge in [0.05, 0.1) is 4.90 Å². The standard InChI is InChI=1S/C26H29N3O4S/c1-18-6-13-26(27-17-18)28-21-7-12-25(33-23-8-10-24(11-9-23)34(3,31)32)20(15-21)16-22-5-4-14-29(22)19(2)30/h6-13,15,17,22H,4-5,14,16H2,1-3H3,(H,27,28). The summed E-state index contributed by atoms with van der Waals surface area (Å²) in [6.45, 7) is 4.38. The van der Waals surface area contributed by atoms with Gasteiger partial charge in [-0.05, 0) is 85.8 Å². The SMILES string of the molecule is CC(=O)N1CCCC1Cc1cc(Nc2ccc(C)cn2)ccc1Oc1ccc(S(C)(=O)=O)cc1. The van der Waals surface area contributed by atoms with Crippen molar-refractivity contribution in [1.29, 1.82) is 0 Å². The van der Waals surface area contributed by atoms with E-state index in [1.807, 2.05) is 48.4 Å². The molecule has 1 amide bonds. The predicted octanol–water partition coefficient (Wildman–Crippen LogP) is 4.88. The normalized spacial score (nSPS) is 15.9. The van der Waals surface area contributed by atoms with Crippen molar-refractivity contribution in [2.45, 2.75) is 44.0 Å². The lowest BCUT2D eigenvalue weighted by Crippen LogP contribution is -2.35. The minimum Gasteiger partial charge on any atom is -0.457 e. The first-order valence-electron chi connectivity index (χ1n) is 11.3. The summed E-state index contributed by atoms with van der Waals surface area (Å²) < 4.78 is 29.7. The van der Waals surface area contributed by atoms with Crippen LogP contribution in [-0.2, 0) is 21.1 Å². The van der Waals surface area contributed by atoms with Crippen molar-refractivity contribution in [2.75, 3.05) is 18.1 Å². The van der Waals surface area contributed by atoms with Crippen LogP contribution in [0.2, 0.25) is 0 Å². The molecule has 0 saturated carbocycles. The Balaban J connectivity index is 1.62. The molecule has 1 aliphatic heterocycles. The van der Waals surface area contributed by atoms with Gasteiger partial charge < -0.3 is 15.0 Å². The number of aromatic nitrogens is 1. The molecule has 2 aromatic carbocycles. The number of amides is 1. The molecule has 178 valence electrons. The number of carbonyl (C=O) groups excluding carboxylic acids is 1. The van der Waals surface area contributed by atoms with Gasteiger partial charge in [0.2, 0.25) is 5.91 Å². The summed E-state index contributed by atoms with van der Waals surface area (Å²) in [6.07, 6.45) is 5.58. The van der Waals surface area contributed by atoms with Crippen LogP contribution < -0.4 is 10.1 Å². The van der Waals surface area contributed by atoms with E-state index < -0.39 is 9.84 Å². The maximum atomic E-state index is 12.1. The molecule has 1 fully saturated rings. The average Bonchev–Trinajstić information content (AvgIpc) is 3.25. The maximum absolute atomic E-state index is 12.1. The highest BCUT2D eigenvalue weighted by atomic mass is 32.2. The molecule has 0 spiro atoms. The average molecular weight is 480 g/mol. The number of hydrogen-bond acceptors (Lipinski definition) is 6. The Kier molecular flexibility index (Phi) is 6.88. The van der Waals surface area contributed by atoms with Crippen LogP contribution >= 0.6 is 0 Å². The second-order valence-electron chi connectivity index (χ2n) is 8.73. The topological polar surface area (TPSA) is 88.6 Å². The number of hydrogen-bond donors (Lipinski definition) is 1. The second kappa shape index (κ2) is 9.85. The second-order valence-corrected chi connectivity index (χ2v) is 10.7. The van der Waals surface area contributed by atoms with E-state index >= 15 is 0 Å². The van der Waals surface area contributed by atoms with E-state index in [1.165, 1.54) is 18.4 Å². The van der Waals surface area contributed by atoms with Gasteiger partial charge in [0.25, 0.3) is 0 Å². The van der Waals surface area contributed by atoms with Gasteiger partial charge in [-0.25, -0.2) is 13.4 Å². The Labute approximate surface area is 200 Å². The molecule has 0 aliphatic carbocycles. The van der Waals surface area contributed by atoms with Crippen molar-refractivity contribution in [1.82, 2.24) is 9.88 Å². The van der Waals surface area contributed by atoms with E-state index in [9.17, 15) is 13.2 Å². The molecule has 1 unspecified atom stereocenters. The van der Waals surface area contributed by atoms with Crippen molar-refractivity contribution >= 4 is 27.2 Å². The lowest BCUT2D eigenvalue weighted by Gasteiger charge is -2.24. The summed E-state index contributed by atoms with van der Waals surface area (Å²) in [7, 11) is -3.28. The molecule has 1 saturated heterocycles. The number of aryl methyl sites for hydroxylation is 1. The third-order valence-electron chi connectivity index (χ3n) is 5.96. The highest BCUT2D eigenvalue weighted by Crippen LogP contribution is 2.33. The van der Waals surface area contributed by atoms with Crippen LogP contribution in [0.5, 0.6) is 11.5 Å². The highest BCUT2D eigenvalue weighted by Gasteiger charge is 2.27. The van der Waals surface area contributed by atoms with Gasteiger partial charge >= 0.3 is 0 Å². The van der Waals surface area contributed by atoms with E-state index in [-0.39, 0.29) is 16.8 Å². The molecule has 34 heavy (non-hydrogen) atoms. The van der Waals surface area contributed by atoms with Crippen molar-refractivity contribution in [2.24, 2.45) is 0 Å². The molecule has 2 heterocycles. The van der Waals surface area contributed by atoms with Gasteiger partial charge in [-0.15, -0.1) is 0 Å². The van der Waals surface area contributed by atoms with Crippen LogP contribution in [0.15, 0.2) is 65.7 Å². The molecular formula is C26H29N3O4S. The van der Waals surface area contributed by atoms with Crippen molar-refractivity contribution in [3.05, 3.63) is 71.9 Å². The van der Waals surface area contributed by atoms with Crippen molar-refractivity contribution in [3.63, 3.8) is 0 Å². The Morgan fingerprint density at radius 1 is 1.15 bits per heavy atom. The smallest absolute Gasteiger partial charge is 0.219 e. The number of carbonyl (C=O) groups is 1. The number of anilines is 2. The number of benzene rings is 2. The zero-order chi connectivity index (χ0) is 24.3. The maximum Gasteiger partial charge on any atom is 0.219 e. The first-order valence-corrected chi connectivity index (χ1v) is 13.2. The van der Waals surface area contributed by atoms with Gasteiger partial charge in [0, 0.05) is 37.7 Å². The van der Waals surface area contributed by atoms with E-state index in [4.69, 9.17) is 4.74 Å². The molecule has 1 aromatic heterocycles. The number of rotatable bonds is 7. The molecule has 3 aromatic rings. The highest BCUT2D eigenvalue weighted by molar-refractivity contribution is 7.90. The number of ether oxygens (including phenoxy) is 1.